The summed E-state index contributed by atoms with van der Waals surface area (Å²) in [4.78, 5) is 0. The molecule has 0 atom stereocenters. The maximum absolute atomic E-state index is 2.26. The summed E-state index contributed by atoms with van der Waals surface area (Å²) >= 11 is 0. The summed E-state index contributed by atoms with van der Waals surface area (Å²) in [7, 11) is 0. The van der Waals surface area contributed by atoms with Crippen LogP contribution in [0.2, 0.25) is 0 Å². The maximum atomic E-state index is 2.26. The summed E-state index contributed by atoms with van der Waals surface area (Å²) in [5, 5.41) is 0. The molecule has 1 radical (unpaired) electrons. The van der Waals surface area contributed by atoms with Crippen molar-refractivity contribution in [2.45, 2.75) is 25.7 Å². The molecule has 0 aliphatic heterocycles. The Balaban J connectivity index is 0.000000500. The third kappa shape index (κ3) is 1.30. The van der Waals surface area contributed by atoms with Gasteiger partial charge in [-0.25, -0.2) is 6.07 Å². The molecule has 55 valence electrons. The van der Waals surface area contributed by atoms with Crippen molar-refractivity contribution in [2.24, 2.45) is 0 Å². The van der Waals surface area contributed by atoms with Crippen molar-refractivity contribution >= 4 is 0 Å². The van der Waals surface area contributed by atoms with E-state index in [1.807, 2.05) is 0 Å². The van der Waals surface area contributed by atoms with Crippen LogP contribution in [0.3, 0.4) is 0 Å². The molecule has 0 spiro atoms. The van der Waals surface area contributed by atoms with Crippen LogP contribution in [0.25, 0.3) is 0 Å². The predicted molar refractivity (Wildman–Crippen MR) is 38.7 cm³/mol. The van der Waals surface area contributed by atoms with Gasteiger partial charge in [-0.1, -0.05) is 25.7 Å². The van der Waals surface area contributed by atoms with Crippen LogP contribution in [-0.4, -0.2) is 0 Å². The molecular formula is C9H11Mn-. The molecule has 0 saturated carbocycles. The summed E-state index contributed by atoms with van der Waals surface area (Å²) in [6.07, 6.45) is 5.44. The van der Waals surface area contributed by atoms with E-state index < -0.39 is 0 Å². The van der Waals surface area contributed by atoms with Gasteiger partial charge in [0.05, 0.1) is 0 Å². The molecule has 1 aromatic carbocycles. The first kappa shape index (κ1) is 7.97. The molecule has 1 heteroatoms. The quantitative estimate of drug-likeness (QED) is 0.418. The molecule has 0 nitrogen and oxygen atoms in total. The van der Waals surface area contributed by atoms with Crippen molar-refractivity contribution in [1.82, 2.24) is 0 Å². The fraction of sp³-hybridized carbons (Fsp3) is 0.444. The second-order valence-corrected chi connectivity index (χ2v) is 2.78. The van der Waals surface area contributed by atoms with Gasteiger partial charge in [0.25, 0.3) is 0 Å². The molecule has 0 aromatic heterocycles. The van der Waals surface area contributed by atoms with Crippen LogP contribution >= 0.6 is 0 Å². The molecule has 0 N–H and O–H groups in total. The van der Waals surface area contributed by atoms with E-state index in [1.54, 1.807) is 11.1 Å². The van der Waals surface area contributed by atoms with Crippen molar-refractivity contribution in [3.05, 3.63) is 29.3 Å². The number of hydrogen-bond donors (Lipinski definition) is 0. The Bertz CT molecular complexity index is 180. The minimum absolute atomic E-state index is 0. The van der Waals surface area contributed by atoms with Crippen LogP contribution in [0.4, 0.5) is 0 Å². The van der Waals surface area contributed by atoms with Crippen molar-refractivity contribution in [1.29, 1.82) is 0 Å². The van der Waals surface area contributed by atoms with Gasteiger partial charge < -0.3 is 0 Å². The van der Waals surface area contributed by atoms with Crippen LogP contribution in [-0.2, 0) is 29.9 Å². The molecule has 0 fully saturated rings. The molecule has 1 aromatic rings. The maximum Gasteiger partial charge on any atom is 0 e. The molecule has 1 aliphatic carbocycles. The zero-order chi connectivity index (χ0) is 6.10. The average Bonchev–Trinajstić information content (AvgIpc) is 2.33. The summed E-state index contributed by atoms with van der Waals surface area (Å²) in [6.45, 7) is 0. The first-order valence-electron chi connectivity index (χ1n) is 3.70. The van der Waals surface area contributed by atoms with Gasteiger partial charge in [0.15, 0.2) is 0 Å². The Hall–Kier alpha value is -0.131. The molecule has 0 bridgehead atoms. The van der Waals surface area contributed by atoms with Gasteiger partial charge in [-0.3, -0.25) is 0 Å². The zero-order valence-corrected chi connectivity index (χ0v) is 7.12. The van der Waals surface area contributed by atoms with E-state index in [9.17, 15) is 0 Å². The van der Waals surface area contributed by atoms with E-state index >= 15 is 0 Å². The fourth-order valence-electron chi connectivity index (χ4n) is 1.61. The van der Waals surface area contributed by atoms with Crippen molar-refractivity contribution < 1.29 is 17.1 Å². The third-order valence-electron chi connectivity index (χ3n) is 2.15. The van der Waals surface area contributed by atoms with E-state index in [1.165, 1.54) is 25.7 Å². The van der Waals surface area contributed by atoms with Crippen molar-refractivity contribution in [2.75, 3.05) is 0 Å². The van der Waals surface area contributed by atoms with E-state index in [4.69, 9.17) is 0 Å². The molecule has 0 heterocycles. The number of hydrogen-bond acceptors (Lipinski definition) is 0. The van der Waals surface area contributed by atoms with Gasteiger partial charge in [-0.2, -0.15) is 23.3 Å². The second kappa shape index (κ2) is 3.32. The topological polar surface area (TPSA) is 0 Å². The Kier molecular flexibility index (Phi) is 2.64. The number of fused-ring (bicyclic) bond motifs is 1. The van der Waals surface area contributed by atoms with Crippen molar-refractivity contribution in [3.8, 4) is 0 Å². The van der Waals surface area contributed by atoms with E-state index in [0.29, 0.717) is 0 Å². The Morgan fingerprint density at radius 1 is 1.20 bits per heavy atom. The largest absolute Gasteiger partial charge is 0.210 e. The first-order chi connectivity index (χ1) is 4.47. The molecule has 10 heavy (non-hydrogen) atoms. The van der Waals surface area contributed by atoms with E-state index in [0.717, 1.165) is 0 Å². The predicted octanol–water partition coefficient (Wildman–Crippen LogP) is 2.28. The normalized spacial score (nSPS) is 15.6. The van der Waals surface area contributed by atoms with Crippen LogP contribution in [0.15, 0.2) is 18.2 Å². The molecule has 0 saturated heterocycles. The Morgan fingerprint density at radius 3 is 2.80 bits per heavy atom. The number of rotatable bonds is 0. The second-order valence-electron chi connectivity index (χ2n) is 2.78. The molecule has 0 amide bonds. The zero-order valence-electron chi connectivity index (χ0n) is 5.94. The smallest absolute Gasteiger partial charge is 0 e. The van der Waals surface area contributed by atoms with Crippen LogP contribution in [0.5, 0.6) is 0 Å². The van der Waals surface area contributed by atoms with Gasteiger partial charge in [0.1, 0.15) is 0 Å². The molecular weight excluding hydrogens is 163 g/mol. The van der Waals surface area contributed by atoms with Gasteiger partial charge in [0, 0.05) is 17.1 Å². The summed E-state index contributed by atoms with van der Waals surface area (Å²) in [6, 6.07) is 6.69. The minimum atomic E-state index is 0. The van der Waals surface area contributed by atoms with E-state index in [-0.39, 0.29) is 17.1 Å². The Labute approximate surface area is 72.5 Å². The molecule has 1 aliphatic rings. The summed E-state index contributed by atoms with van der Waals surface area (Å²) in [5.74, 6) is 0. The van der Waals surface area contributed by atoms with Crippen molar-refractivity contribution in [3.63, 3.8) is 0 Å². The van der Waals surface area contributed by atoms with Gasteiger partial charge in [0.2, 0.25) is 0 Å². The number of aryl methyl sites for hydroxylation is 2. The third-order valence-corrected chi connectivity index (χ3v) is 2.15. The van der Waals surface area contributed by atoms with Crippen LogP contribution in [0.1, 0.15) is 24.0 Å². The van der Waals surface area contributed by atoms with Crippen LogP contribution in [0, 0.1) is 0 Å². The minimum Gasteiger partial charge on any atom is -0.210 e. The standard InChI is InChI=1S/C9H11.Mn/c1-2-5-9-7-3-6-8(9)4-1;/h3,6-7H,1-2,4-5H2;/q-1;. The van der Waals surface area contributed by atoms with Gasteiger partial charge >= 0.3 is 0 Å². The molecule has 2 rings (SSSR count). The fourth-order valence-corrected chi connectivity index (χ4v) is 1.61. The van der Waals surface area contributed by atoms with E-state index in [2.05, 4.69) is 18.2 Å². The van der Waals surface area contributed by atoms with Gasteiger partial charge in [-0.05, 0) is 0 Å². The summed E-state index contributed by atoms with van der Waals surface area (Å²) < 4.78 is 0. The molecule has 0 unspecified atom stereocenters. The monoisotopic (exact) mass is 174 g/mol. The first-order valence-corrected chi connectivity index (χ1v) is 3.70. The van der Waals surface area contributed by atoms with Gasteiger partial charge in [-0.15, -0.1) is 0 Å². The average molecular weight is 174 g/mol. The van der Waals surface area contributed by atoms with Crippen LogP contribution < -0.4 is 0 Å². The summed E-state index contributed by atoms with van der Waals surface area (Å²) in [5.41, 5.74) is 3.20. The Morgan fingerprint density at radius 2 is 2.00 bits per heavy atom. The SMILES string of the molecule is [Mn].c1cc2c([cH-]1)CCCC2.